The number of carbonyl (C=O) groups is 3. The molecule has 1 fully saturated rings. The minimum atomic E-state index is -0.844. The summed E-state index contributed by atoms with van der Waals surface area (Å²) in [6.45, 7) is 3.45. The van der Waals surface area contributed by atoms with Crippen LogP contribution in [0.5, 0.6) is 5.75 Å². The number of methoxy groups -OCH3 is 1. The minimum Gasteiger partial charge on any atom is -0.496 e. The first-order chi connectivity index (χ1) is 9.99. The van der Waals surface area contributed by atoms with Gasteiger partial charge in [0.25, 0.3) is 0 Å². The number of rotatable bonds is 5. The summed E-state index contributed by atoms with van der Waals surface area (Å²) in [6, 6.07) is 4.59. The molecule has 1 aliphatic rings. The van der Waals surface area contributed by atoms with Gasteiger partial charge in [-0.05, 0) is 18.2 Å². The van der Waals surface area contributed by atoms with E-state index in [0.29, 0.717) is 11.3 Å². The highest BCUT2D eigenvalue weighted by Crippen LogP contribution is 2.26. The number of benzene rings is 1. The summed E-state index contributed by atoms with van der Waals surface area (Å²) in [5.41, 5.74) is 0.627. The van der Waals surface area contributed by atoms with Crippen molar-refractivity contribution in [2.45, 2.75) is 6.54 Å². The molecule has 0 radical (unpaired) electrons. The minimum absolute atomic E-state index is 0.00945. The largest absolute Gasteiger partial charge is 0.496 e. The summed E-state index contributed by atoms with van der Waals surface area (Å²) < 4.78 is 5.98. The van der Waals surface area contributed by atoms with E-state index < -0.39 is 17.8 Å². The van der Waals surface area contributed by atoms with Gasteiger partial charge in [0.2, 0.25) is 0 Å². The molecular weight excluding hydrogens is 340 g/mol. The number of nitrogens with zero attached hydrogens (tertiary/aromatic N) is 2. The van der Waals surface area contributed by atoms with Crippen LogP contribution in [0.3, 0.4) is 0 Å². The molecule has 6 nitrogen and oxygen atoms in total. The molecule has 1 aromatic rings. The molecule has 1 heterocycles. The molecule has 0 spiro atoms. The number of hydrogen-bond acceptors (Lipinski definition) is 4. The first kappa shape index (κ1) is 15.2. The molecular formula is C14H13BrN2O4. The zero-order valence-electron chi connectivity index (χ0n) is 11.3. The molecule has 1 aromatic carbocycles. The lowest BCUT2D eigenvalue weighted by Gasteiger charge is -2.16. The summed E-state index contributed by atoms with van der Waals surface area (Å²) >= 11 is 3.32. The van der Waals surface area contributed by atoms with Gasteiger partial charge in [-0.2, -0.15) is 0 Å². The van der Waals surface area contributed by atoms with Gasteiger partial charge in [-0.3, -0.25) is 19.4 Å². The maximum absolute atomic E-state index is 12.1. The van der Waals surface area contributed by atoms with Crippen LogP contribution in [0.15, 0.2) is 35.3 Å². The van der Waals surface area contributed by atoms with Gasteiger partial charge in [-0.15, -0.1) is 6.58 Å². The molecule has 110 valence electrons. The van der Waals surface area contributed by atoms with Crippen molar-refractivity contribution in [1.82, 2.24) is 9.80 Å². The number of carbonyl (C=O) groups excluding carboxylic acids is 3. The Hall–Kier alpha value is -2.15. The SMILES string of the molecule is C=CCN1C(=O)C(=O)N(Cc2cc(Br)ccc2OC)C1=O. The molecule has 1 aliphatic heterocycles. The van der Waals surface area contributed by atoms with Crippen LogP contribution in [0.1, 0.15) is 5.56 Å². The van der Waals surface area contributed by atoms with Crippen LogP contribution in [0.4, 0.5) is 4.79 Å². The Morgan fingerprint density at radius 3 is 2.52 bits per heavy atom. The monoisotopic (exact) mass is 352 g/mol. The van der Waals surface area contributed by atoms with E-state index in [1.54, 1.807) is 18.2 Å². The topological polar surface area (TPSA) is 66.9 Å². The molecule has 2 rings (SSSR count). The van der Waals surface area contributed by atoms with Gasteiger partial charge in [0.05, 0.1) is 13.7 Å². The van der Waals surface area contributed by atoms with Gasteiger partial charge in [0.15, 0.2) is 0 Å². The second-order valence-corrected chi connectivity index (χ2v) is 5.25. The number of urea groups is 1. The summed E-state index contributed by atoms with van der Waals surface area (Å²) in [5, 5.41) is 0. The maximum Gasteiger partial charge on any atom is 0.334 e. The van der Waals surface area contributed by atoms with E-state index in [9.17, 15) is 14.4 Å². The Morgan fingerprint density at radius 1 is 1.24 bits per heavy atom. The number of halogens is 1. The van der Waals surface area contributed by atoms with Crippen LogP contribution < -0.4 is 4.74 Å². The molecule has 21 heavy (non-hydrogen) atoms. The van der Waals surface area contributed by atoms with Gasteiger partial charge in [-0.25, -0.2) is 4.79 Å². The fourth-order valence-electron chi connectivity index (χ4n) is 2.02. The highest BCUT2D eigenvalue weighted by Gasteiger charge is 2.43. The number of ether oxygens (including phenoxy) is 1. The second kappa shape index (κ2) is 6.09. The van der Waals surface area contributed by atoms with Crippen LogP contribution in [-0.2, 0) is 16.1 Å². The molecule has 0 aromatic heterocycles. The molecule has 0 saturated carbocycles. The third-order valence-electron chi connectivity index (χ3n) is 3.02. The third-order valence-corrected chi connectivity index (χ3v) is 3.51. The fourth-order valence-corrected chi connectivity index (χ4v) is 2.43. The van der Waals surface area contributed by atoms with Gasteiger partial charge in [-0.1, -0.05) is 22.0 Å². The zero-order valence-corrected chi connectivity index (χ0v) is 12.9. The van der Waals surface area contributed by atoms with Gasteiger partial charge in [0.1, 0.15) is 5.75 Å². The number of hydrogen-bond donors (Lipinski definition) is 0. The molecule has 4 amide bonds. The summed E-state index contributed by atoms with van der Waals surface area (Å²) in [7, 11) is 1.50. The Balaban J connectivity index is 2.29. The van der Waals surface area contributed by atoms with E-state index in [-0.39, 0.29) is 13.1 Å². The predicted molar refractivity (Wildman–Crippen MR) is 78.6 cm³/mol. The second-order valence-electron chi connectivity index (χ2n) is 4.33. The number of amides is 4. The van der Waals surface area contributed by atoms with E-state index in [2.05, 4.69) is 22.5 Å². The predicted octanol–water partition coefficient (Wildman–Crippen LogP) is 1.93. The molecule has 1 saturated heterocycles. The molecule has 0 N–H and O–H groups in total. The first-order valence-electron chi connectivity index (χ1n) is 6.10. The van der Waals surface area contributed by atoms with Crippen LogP contribution in [0.2, 0.25) is 0 Å². The van der Waals surface area contributed by atoms with Crippen LogP contribution in [0.25, 0.3) is 0 Å². The van der Waals surface area contributed by atoms with Crippen molar-refractivity contribution in [3.63, 3.8) is 0 Å². The van der Waals surface area contributed by atoms with Crippen LogP contribution in [-0.4, -0.2) is 41.3 Å². The normalized spacial score (nSPS) is 14.9. The zero-order chi connectivity index (χ0) is 15.6. The third kappa shape index (κ3) is 2.82. The number of imide groups is 2. The maximum atomic E-state index is 12.1. The van der Waals surface area contributed by atoms with Gasteiger partial charge in [0, 0.05) is 16.6 Å². The van der Waals surface area contributed by atoms with Crippen LogP contribution >= 0.6 is 15.9 Å². The highest BCUT2D eigenvalue weighted by atomic mass is 79.9. The average molecular weight is 353 g/mol. The smallest absolute Gasteiger partial charge is 0.334 e. The summed E-state index contributed by atoms with van der Waals surface area (Å²) in [4.78, 5) is 37.5. The fraction of sp³-hybridized carbons (Fsp3) is 0.214. The van der Waals surface area contributed by atoms with E-state index in [0.717, 1.165) is 14.3 Å². The van der Waals surface area contributed by atoms with Crippen LogP contribution in [0, 0.1) is 0 Å². The van der Waals surface area contributed by atoms with Crippen molar-refractivity contribution in [2.24, 2.45) is 0 Å². The Bertz CT molecular complexity index is 629. The molecule has 0 aliphatic carbocycles. The molecule has 7 heteroatoms. The Kier molecular flexibility index (Phi) is 4.42. The van der Waals surface area contributed by atoms with Gasteiger partial charge < -0.3 is 4.74 Å². The lowest BCUT2D eigenvalue weighted by Crippen LogP contribution is -2.33. The van der Waals surface area contributed by atoms with E-state index >= 15 is 0 Å². The lowest BCUT2D eigenvalue weighted by atomic mass is 10.2. The van der Waals surface area contributed by atoms with Crippen molar-refractivity contribution in [3.05, 3.63) is 40.9 Å². The van der Waals surface area contributed by atoms with Crippen molar-refractivity contribution in [2.75, 3.05) is 13.7 Å². The quantitative estimate of drug-likeness (QED) is 0.461. The Morgan fingerprint density at radius 2 is 1.90 bits per heavy atom. The van der Waals surface area contributed by atoms with Crippen molar-refractivity contribution < 1.29 is 19.1 Å². The highest BCUT2D eigenvalue weighted by molar-refractivity contribution is 9.10. The molecule has 0 unspecified atom stereocenters. The van der Waals surface area contributed by atoms with Crippen molar-refractivity contribution in [1.29, 1.82) is 0 Å². The summed E-state index contributed by atoms with van der Waals surface area (Å²) in [6.07, 6.45) is 1.40. The van der Waals surface area contributed by atoms with Crippen molar-refractivity contribution in [3.8, 4) is 5.75 Å². The van der Waals surface area contributed by atoms with E-state index in [1.807, 2.05) is 0 Å². The Labute approximate surface area is 130 Å². The van der Waals surface area contributed by atoms with Gasteiger partial charge >= 0.3 is 17.8 Å². The average Bonchev–Trinajstić information content (AvgIpc) is 2.66. The standard InChI is InChI=1S/C14H13BrN2O4/c1-3-6-16-12(18)13(19)17(14(16)20)8-9-7-10(15)4-5-11(9)21-2/h3-5,7H,1,6,8H2,2H3. The molecule has 0 bridgehead atoms. The van der Waals surface area contributed by atoms with E-state index in [1.165, 1.54) is 13.2 Å². The van der Waals surface area contributed by atoms with E-state index in [4.69, 9.17) is 4.74 Å². The first-order valence-corrected chi connectivity index (χ1v) is 6.89. The summed E-state index contributed by atoms with van der Waals surface area (Å²) in [5.74, 6) is -1.15. The van der Waals surface area contributed by atoms with Crippen molar-refractivity contribution >= 4 is 33.8 Å². The molecule has 0 atom stereocenters. The lowest BCUT2D eigenvalue weighted by molar-refractivity contribution is -0.143.